The Bertz CT molecular complexity index is 1420. The fourth-order valence-electron chi connectivity index (χ4n) is 3.91. The zero-order chi connectivity index (χ0) is 26.7. The van der Waals surface area contributed by atoms with E-state index in [1.807, 2.05) is 44.2 Å². The van der Waals surface area contributed by atoms with E-state index in [2.05, 4.69) is 21.2 Å². The number of hydrogen-bond acceptors (Lipinski definition) is 5. The molecule has 4 amide bonds. The van der Waals surface area contributed by atoms with E-state index in [-0.39, 0.29) is 17.2 Å². The molecule has 0 saturated carbocycles. The van der Waals surface area contributed by atoms with Crippen molar-refractivity contribution in [2.45, 2.75) is 27.4 Å². The van der Waals surface area contributed by atoms with Crippen molar-refractivity contribution in [1.82, 2.24) is 5.32 Å². The van der Waals surface area contributed by atoms with Gasteiger partial charge in [0.25, 0.3) is 11.8 Å². The highest BCUT2D eigenvalue weighted by Crippen LogP contribution is 2.38. The third-order valence-electron chi connectivity index (χ3n) is 5.63. The SMILES string of the molecule is CCOc1cc(/C=C2\C(=O)NC(=O)N(c3ccc(C)cc3C)C2=O)cc(Cl)c1OCc1ccc(Br)cc1. The summed E-state index contributed by atoms with van der Waals surface area (Å²) in [4.78, 5) is 39.5. The van der Waals surface area contributed by atoms with Crippen LogP contribution >= 0.6 is 27.5 Å². The number of barbiturate groups is 1. The molecule has 3 aromatic carbocycles. The molecule has 7 nitrogen and oxygen atoms in total. The van der Waals surface area contributed by atoms with Crippen LogP contribution in [-0.2, 0) is 16.2 Å². The number of anilines is 1. The van der Waals surface area contributed by atoms with Crippen molar-refractivity contribution in [3.05, 3.63) is 91.9 Å². The van der Waals surface area contributed by atoms with Crippen LogP contribution in [0.1, 0.15) is 29.2 Å². The van der Waals surface area contributed by atoms with Gasteiger partial charge in [-0.3, -0.25) is 14.9 Å². The molecule has 9 heteroatoms. The van der Waals surface area contributed by atoms with Gasteiger partial charge < -0.3 is 9.47 Å². The number of aryl methyl sites for hydroxylation is 2. The summed E-state index contributed by atoms with van der Waals surface area (Å²) in [5, 5.41) is 2.50. The number of carbonyl (C=O) groups is 3. The van der Waals surface area contributed by atoms with Crippen molar-refractivity contribution in [3.8, 4) is 11.5 Å². The van der Waals surface area contributed by atoms with Crippen LogP contribution in [0.3, 0.4) is 0 Å². The van der Waals surface area contributed by atoms with Crippen molar-refractivity contribution in [3.63, 3.8) is 0 Å². The number of nitrogens with zero attached hydrogens (tertiary/aromatic N) is 1. The third kappa shape index (κ3) is 5.87. The Labute approximate surface area is 228 Å². The number of amides is 4. The second kappa shape index (κ2) is 11.2. The maximum atomic E-state index is 13.3. The second-order valence-corrected chi connectivity index (χ2v) is 9.75. The van der Waals surface area contributed by atoms with E-state index < -0.39 is 17.8 Å². The van der Waals surface area contributed by atoms with Crippen molar-refractivity contribution in [2.24, 2.45) is 0 Å². The highest BCUT2D eigenvalue weighted by atomic mass is 79.9. The number of benzene rings is 3. The Morgan fingerprint density at radius 2 is 1.73 bits per heavy atom. The molecule has 3 aromatic rings. The first kappa shape index (κ1) is 26.4. The minimum absolute atomic E-state index is 0.207. The van der Waals surface area contributed by atoms with E-state index in [0.29, 0.717) is 29.4 Å². The first-order valence-corrected chi connectivity index (χ1v) is 12.7. The average molecular weight is 584 g/mol. The zero-order valence-electron chi connectivity index (χ0n) is 20.4. The van der Waals surface area contributed by atoms with Crippen molar-refractivity contribution in [2.75, 3.05) is 11.5 Å². The lowest BCUT2D eigenvalue weighted by molar-refractivity contribution is -0.122. The number of urea groups is 1. The first-order chi connectivity index (χ1) is 17.7. The van der Waals surface area contributed by atoms with Crippen LogP contribution in [0.15, 0.2) is 64.6 Å². The van der Waals surface area contributed by atoms with Gasteiger partial charge in [0.2, 0.25) is 0 Å². The zero-order valence-corrected chi connectivity index (χ0v) is 22.8. The van der Waals surface area contributed by atoms with Crippen LogP contribution in [0.5, 0.6) is 11.5 Å². The minimum Gasteiger partial charge on any atom is -0.490 e. The lowest BCUT2D eigenvalue weighted by Gasteiger charge is -2.27. The molecule has 0 atom stereocenters. The maximum Gasteiger partial charge on any atom is 0.335 e. The van der Waals surface area contributed by atoms with Crippen LogP contribution in [0, 0.1) is 13.8 Å². The Balaban J connectivity index is 1.67. The number of halogens is 2. The average Bonchev–Trinajstić information content (AvgIpc) is 2.84. The van der Waals surface area contributed by atoms with Gasteiger partial charge in [-0.25, -0.2) is 9.69 Å². The molecule has 190 valence electrons. The van der Waals surface area contributed by atoms with Crippen molar-refractivity contribution >= 4 is 57.1 Å². The summed E-state index contributed by atoms with van der Waals surface area (Å²) in [5.41, 5.74) is 3.29. The molecule has 37 heavy (non-hydrogen) atoms. The van der Waals surface area contributed by atoms with Gasteiger partial charge in [0.15, 0.2) is 11.5 Å². The number of imide groups is 2. The number of carbonyl (C=O) groups excluding carboxylic acids is 3. The van der Waals surface area contributed by atoms with E-state index in [0.717, 1.165) is 26.1 Å². The lowest BCUT2D eigenvalue weighted by Crippen LogP contribution is -2.54. The standard InChI is InChI=1S/C28H24BrClN2O5/c1-4-36-24-14-19(13-22(30)25(24)37-15-18-6-8-20(29)9-7-18)12-21-26(33)31-28(35)32(27(21)34)23-10-5-16(2)11-17(23)3/h5-14H,4,15H2,1-3H3,(H,31,33,35)/b21-12+. The Morgan fingerprint density at radius 3 is 2.41 bits per heavy atom. The lowest BCUT2D eigenvalue weighted by atomic mass is 10.0. The van der Waals surface area contributed by atoms with Gasteiger partial charge >= 0.3 is 6.03 Å². The number of rotatable bonds is 7. The summed E-state index contributed by atoms with van der Waals surface area (Å²) in [6, 6.07) is 15.4. The van der Waals surface area contributed by atoms with Crippen molar-refractivity contribution in [1.29, 1.82) is 0 Å². The van der Waals surface area contributed by atoms with Crippen LogP contribution < -0.4 is 19.7 Å². The summed E-state index contributed by atoms with van der Waals surface area (Å²) in [5.74, 6) is -0.809. The number of hydrogen-bond donors (Lipinski definition) is 1. The van der Waals surface area contributed by atoms with Gasteiger partial charge in [-0.05, 0) is 73.9 Å². The van der Waals surface area contributed by atoms with Crippen LogP contribution in [0.2, 0.25) is 5.02 Å². The van der Waals surface area contributed by atoms with Crippen molar-refractivity contribution < 1.29 is 23.9 Å². The molecule has 1 fully saturated rings. The molecule has 1 saturated heterocycles. The summed E-state index contributed by atoms with van der Waals surface area (Å²) in [6.45, 7) is 6.14. The van der Waals surface area contributed by atoms with E-state index >= 15 is 0 Å². The molecular formula is C28H24BrClN2O5. The highest BCUT2D eigenvalue weighted by Gasteiger charge is 2.37. The number of nitrogens with one attached hydrogen (secondary N) is 1. The molecule has 1 aliphatic rings. The molecule has 0 spiro atoms. The predicted octanol–water partition coefficient (Wildman–Crippen LogP) is 6.36. The Hall–Kier alpha value is -3.62. The molecule has 0 unspecified atom stereocenters. The summed E-state index contributed by atoms with van der Waals surface area (Å²) in [7, 11) is 0. The number of ether oxygens (including phenoxy) is 2. The quantitative estimate of drug-likeness (QED) is 0.258. The molecule has 0 aromatic heterocycles. The maximum absolute atomic E-state index is 13.3. The molecular weight excluding hydrogens is 560 g/mol. The summed E-state index contributed by atoms with van der Waals surface area (Å²) in [6.07, 6.45) is 1.38. The molecule has 0 bridgehead atoms. The first-order valence-electron chi connectivity index (χ1n) is 11.5. The summed E-state index contributed by atoms with van der Waals surface area (Å²) < 4.78 is 12.7. The van der Waals surface area contributed by atoms with Gasteiger partial charge in [0.1, 0.15) is 12.2 Å². The molecule has 0 radical (unpaired) electrons. The smallest absolute Gasteiger partial charge is 0.335 e. The second-order valence-electron chi connectivity index (χ2n) is 8.43. The van der Waals surface area contributed by atoms with E-state index in [1.54, 1.807) is 31.2 Å². The topological polar surface area (TPSA) is 84.9 Å². The van der Waals surface area contributed by atoms with Crippen LogP contribution in [0.25, 0.3) is 6.08 Å². The molecule has 1 aliphatic heterocycles. The fraction of sp³-hybridized carbons (Fsp3) is 0.179. The van der Waals surface area contributed by atoms with E-state index in [9.17, 15) is 14.4 Å². The molecule has 4 rings (SSSR count). The molecule has 0 aliphatic carbocycles. The van der Waals surface area contributed by atoms with Crippen LogP contribution in [-0.4, -0.2) is 24.5 Å². The largest absolute Gasteiger partial charge is 0.490 e. The van der Waals surface area contributed by atoms with E-state index in [4.69, 9.17) is 21.1 Å². The fourth-order valence-corrected chi connectivity index (χ4v) is 4.45. The van der Waals surface area contributed by atoms with Crippen LogP contribution in [0.4, 0.5) is 10.5 Å². The Kier molecular flexibility index (Phi) is 8.00. The molecule has 1 N–H and O–H groups in total. The highest BCUT2D eigenvalue weighted by molar-refractivity contribution is 9.10. The van der Waals surface area contributed by atoms with Gasteiger partial charge in [0, 0.05) is 4.47 Å². The van der Waals surface area contributed by atoms with E-state index in [1.165, 1.54) is 6.08 Å². The normalized spacial score (nSPS) is 14.7. The minimum atomic E-state index is -0.802. The third-order valence-corrected chi connectivity index (χ3v) is 6.44. The van der Waals surface area contributed by atoms with Gasteiger partial charge in [-0.15, -0.1) is 0 Å². The summed E-state index contributed by atoms with van der Waals surface area (Å²) >= 11 is 9.95. The monoisotopic (exact) mass is 582 g/mol. The molecule has 1 heterocycles. The predicted molar refractivity (Wildman–Crippen MR) is 146 cm³/mol. The van der Waals surface area contributed by atoms with Gasteiger partial charge in [-0.1, -0.05) is 57.4 Å². The van der Waals surface area contributed by atoms with Gasteiger partial charge in [0.05, 0.1) is 17.3 Å². The Morgan fingerprint density at radius 1 is 1.00 bits per heavy atom. The van der Waals surface area contributed by atoms with Gasteiger partial charge in [-0.2, -0.15) is 0 Å².